The van der Waals surface area contributed by atoms with E-state index in [1.165, 1.54) is 11.8 Å². The van der Waals surface area contributed by atoms with Gasteiger partial charge in [-0.3, -0.25) is 9.36 Å². The van der Waals surface area contributed by atoms with Crippen LogP contribution in [-0.4, -0.2) is 33.0 Å². The van der Waals surface area contributed by atoms with Crippen LogP contribution in [0.5, 0.6) is 5.75 Å². The van der Waals surface area contributed by atoms with Crippen LogP contribution >= 0.6 is 34.7 Å². The number of amides is 1. The van der Waals surface area contributed by atoms with E-state index in [0.717, 1.165) is 34.3 Å². The zero-order chi connectivity index (χ0) is 20.5. The average Bonchev–Trinajstić information content (AvgIpc) is 3.22. The summed E-state index contributed by atoms with van der Waals surface area (Å²) >= 11 is 9.22. The van der Waals surface area contributed by atoms with Crippen molar-refractivity contribution < 1.29 is 9.53 Å². The van der Waals surface area contributed by atoms with Crippen molar-refractivity contribution in [2.24, 2.45) is 0 Å². The number of aryl methyl sites for hydroxylation is 1. The Kier molecular flexibility index (Phi) is 5.85. The van der Waals surface area contributed by atoms with E-state index in [2.05, 4.69) is 20.1 Å². The summed E-state index contributed by atoms with van der Waals surface area (Å²) in [7, 11) is 1.55. The Morgan fingerprint density at radius 1 is 1.41 bits per heavy atom. The molecule has 1 aromatic carbocycles. The number of benzene rings is 1. The summed E-state index contributed by atoms with van der Waals surface area (Å²) in [6.07, 6.45) is 2.23. The second-order valence-electron chi connectivity index (χ2n) is 6.94. The zero-order valence-corrected chi connectivity index (χ0v) is 18.7. The number of thiophene rings is 1. The number of rotatable bonds is 7. The van der Waals surface area contributed by atoms with Crippen LogP contribution in [0.4, 0.5) is 5.69 Å². The Hall–Kier alpha value is -2.03. The molecule has 1 amide bonds. The van der Waals surface area contributed by atoms with Gasteiger partial charge in [0.1, 0.15) is 5.75 Å². The maximum absolute atomic E-state index is 12.8. The summed E-state index contributed by atoms with van der Waals surface area (Å²) in [5, 5.41) is 14.8. The van der Waals surface area contributed by atoms with Gasteiger partial charge >= 0.3 is 0 Å². The predicted octanol–water partition coefficient (Wildman–Crippen LogP) is 5.43. The second kappa shape index (κ2) is 8.38. The fraction of sp³-hybridized carbons (Fsp3) is 0.350. The normalized spacial score (nSPS) is 14.6. The molecule has 1 saturated carbocycles. The Labute approximate surface area is 182 Å². The molecule has 2 heterocycles. The monoisotopic (exact) mass is 448 g/mol. The van der Waals surface area contributed by atoms with E-state index in [0.29, 0.717) is 22.5 Å². The first kappa shape index (κ1) is 20.3. The molecule has 2 aromatic heterocycles. The highest BCUT2D eigenvalue weighted by Crippen LogP contribution is 2.42. The van der Waals surface area contributed by atoms with Gasteiger partial charge in [-0.2, -0.15) is 0 Å². The smallest absolute Gasteiger partial charge is 0.237 e. The van der Waals surface area contributed by atoms with E-state index in [1.807, 2.05) is 37.4 Å². The van der Waals surface area contributed by atoms with E-state index in [4.69, 9.17) is 16.3 Å². The van der Waals surface area contributed by atoms with Crippen molar-refractivity contribution in [2.75, 3.05) is 12.4 Å². The topological polar surface area (TPSA) is 69.0 Å². The third-order valence-corrected chi connectivity index (χ3v) is 7.04. The Morgan fingerprint density at radius 3 is 2.86 bits per heavy atom. The molecular weight excluding hydrogens is 428 g/mol. The lowest BCUT2D eigenvalue weighted by Gasteiger charge is -2.16. The minimum atomic E-state index is -0.353. The number of aromatic nitrogens is 3. The molecule has 4 rings (SSSR count). The number of anilines is 1. The molecule has 0 saturated heterocycles. The summed E-state index contributed by atoms with van der Waals surface area (Å²) in [4.78, 5) is 13.9. The fourth-order valence-corrected chi connectivity index (χ4v) is 4.75. The first-order valence-corrected chi connectivity index (χ1v) is 11.4. The highest BCUT2D eigenvalue weighted by atomic mass is 35.5. The number of hydrogen-bond acceptors (Lipinski definition) is 6. The number of carbonyl (C=O) groups is 1. The van der Waals surface area contributed by atoms with Gasteiger partial charge in [0.15, 0.2) is 11.0 Å². The number of halogens is 1. The van der Waals surface area contributed by atoms with Crippen molar-refractivity contribution in [2.45, 2.75) is 43.1 Å². The van der Waals surface area contributed by atoms with Gasteiger partial charge in [-0.1, -0.05) is 29.4 Å². The Balaban J connectivity index is 1.52. The van der Waals surface area contributed by atoms with Gasteiger partial charge in [0.05, 0.1) is 22.9 Å². The Morgan fingerprint density at radius 2 is 2.21 bits per heavy atom. The Bertz CT molecular complexity index is 1030. The van der Waals surface area contributed by atoms with E-state index < -0.39 is 0 Å². The van der Waals surface area contributed by atoms with Gasteiger partial charge in [-0.15, -0.1) is 21.5 Å². The quantitative estimate of drug-likeness (QED) is 0.488. The van der Waals surface area contributed by atoms with E-state index in [1.54, 1.807) is 24.5 Å². The van der Waals surface area contributed by atoms with E-state index >= 15 is 0 Å². The predicted molar refractivity (Wildman–Crippen MR) is 118 cm³/mol. The second-order valence-corrected chi connectivity index (χ2v) is 9.60. The minimum absolute atomic E-state index is 0.127. The van der Waals surface area contributed by atoms with Crippen LogP contribution in [0.1, 0.15) is 31.4 Å². The molecule has 1 fully saturated rings. The van der Waals surface area contributed by atoms with Crippen molar-refractivity contribution in [1.82, 2.24) is 14.8 Å². The van der Waals surface area contributed by atoms with Gasteiger partial charge in [-0.25, -0.2) is 0 Å². The van der Waals surface area contributed by atoms with Gasteiger partial charge in [0.25, 0.3) is 0 Å². The molecule has 1 aliphatic rings. The molecule has 152 valence electrons. The summed E-state index contributed by atoms with van der Waals surface area (Å²) < 4.78 is 7.53. The molecule has 3 aromatic rings. The maximum Gasteiger partial charge on any atom is 0.237 e. The molecule has 29 heavy (non-hydrogen) atoms. The molecule has 9 heteroatoms. The zero-order valence-electron chi connectivity index (χ0n) is 16.3. The summed E-state index contributed by atoms with van der Waals surface area (Å²) in [6, 6.07) is 8.00. The summed E-state index contributed by atoms with van der Waals surface area (Å²) in [5.41, 5.74) is 1.48. The molecule has 1 N–H and O–H groups in total. The molecule has 0 aliphatic heterocycles. The highest BCUT2D eigenvalue weighted by Gasteiger charge is 2.32. The van der Waals surface area contributed by atoms with Crippen molar-refractivity contribution in [1.29, 1.82) is 0 Å². The van der Waals surface area contributed by atoms with Crippen LogP contribution in [0.25, 0.3) is 10.7 Å². The lowest BCUT2D eigenvalue weighted by Crippen LogP contribution is -2.23. The number of methoxy groups -OCH3 is 1. The fourth-order valence-electron chi connectivity index (χ4n) is 2.97. The van der Waals surface area contributed by atoms with Crippen LogP contribution in [0, 0.1) is 6.92 Å². The molecule has 6 nitrogen and oxygen atoms in total. The van der Waals surface area contributed by atoms with Crippen LogP contribution < -0.4 is 10.1 Å². The number of carbonyl (C=O) groups excluding carboxylic acids is 1. The van der Waals surface area contributed by atoms with Crippen LogP contribution in [-0.2, 0) is 4.79 Å². The summed E-state index contributed by atoms with van der Waals surface area (Å²) in [6.45, 7) is 3.76. The highest BCUT2D eigenvalue weighted by molar-refractivity contribution is 8.00. The standard InChI is InChI=1S/C20H21ClN4O2S2/c1-11-9-15(16(27-3)10-14(11)21)22-19(26)12(2)29-20-24-23-18(17-5-4-8-28-17)25(20)13-6-7-13/h4-5,8-10,12-13H,6-7H2,1-3H3,(H,22,26)/t12-/m1/s1. The van der Waals surface area contributed by atoms with Gasteiger partial charge < -0.3 is 10.1 Å². The lowest BCUT2D eigenvalue weighted by atomic mass is 10.2. The first-order chi connectivity index (χ1) is 14.0. The molecule has 1 atom stereocenters. The first-order valence-electron chi connectivity index (χ1n) is 9.28. The van der Waals surface area contributed by atoms with E-state index in [9.17, 15) is 4.79 Å². The molecule has 0 bridgehead atoms. The number of thioether (sulfide) groups is 1. The summed E-state index contributed by atoms with van der Waals surface area (Å²) in [5.74, 6) is 1.29. The van der Waals surface area contributed by atoms with Crippen molar-refractivity contribution in [3.05, 3.63) is 40.2 Å². The molecule has 0 radical (unpaired) electrons. The van der Waals surface area contributed by atoms with Crippen molar-refractivity contribution in [3.63, 3.8) is 0 Å². The van der Waals surface area contributed by atoms with Gasteiger partial charge in [0, 0.05) is 17.1 Å². The number of ether oxygens (including phenoxy) is 1. The number of nitrogens with one attached hydrogen (secondary N) is 1. The SMILES string of the molecule is COc1cc(Cl)c(C)cc1NC(=O)[C@@H](C)Sc1nnc(-c2cccs2)n1C1CC1. The minimum Gasteiger partial charge on any atom is -0.495 e. The van der Waals surface area contributed by atoms with Crippen LogP contribution in [0.2, 0.25) is 5.02 Å². The molecular formula is C20H21ClN4O2S2. The molecule has 0 spiro atoms. The largest absolute Gasteiger partial charge is 0.495 e. The van der Waals surface area contributed by atoms with Crippen LogP contribution in [0.15, 0.2) is 34.8 Å². The van der Waals surface area contributed by atoms with Crippen molar-refractivity contribution in [3.8, 4) is 16.5 Å². The van der Waals surface area contributed by atoms with E-state index in [-0.39, 0.29) is 11.2 Å². The molecule has 1 aliphatic carbocycles. The average molecular weight is 449 g/mol. The van der Waals surface area contributed by atoms with Crippen molar-refractivity contribution >= 4 is 46.3 Å². The third kappa shape index (κ3) is 4.29. The third-order valence-electron chi connectivity index (χ3n) is 4.71. The van der Waals surface area contributed by atoms with Crippen LogP contribution in [0.3, 0.4) is 0 Å². The number of hydrogen-bond donors (Lipinski definition) is 1. The lowest BCUT2D eigenvalue weighted by molar-refractivity contribution is -0.115. The van der Waals surface area contributed by atoms with Gasteiger partial charge in [-0.05, 0) is 49.8 Å². The van der Waals surface area contributed by atoms with Gasteiger partial charge in [0.2, 0.25) is 5.91 Å². The number of nitrogens with zero attached hydrogens (tertiary/aromatic N) is 3. The maximum atomic E-state index is 12.8. The molecule has 0 unspecified atom stereocenters.